The molecular weight excluding hydrogens is 265 g/mol. The molecule has 0 rings (SSSR count). The Labute approximate surface area is 119 Å². The molecule has 0 aliphatic rings. The van der Waals surface area contributed by atoms with Crippen molar-refractivity contribution >= 4 is 11.8 Å². The third-order valence-electron chi connectivity index (χ3n) is 2.85. The first-order valence-corrected chi connectivity index (χ1v) is 6.25. The Morgan fingerprint density at radius 1 is 1.50 bits per heavy atom. The number of likely N-dealkylation sites (N-methyl/N-ethyl adjacent to an activating group) is 1. The zero-order valence-electron chi connectivity index (χ0n) is 12.8. The molecule has 7 heteroatoms. The number of rotatable bonds is 7. The topological polar surface area (TPSA) is 77.1 Å². The second kappa shape index (κ2) is 8.52. The lowest BCUT2D eigenvalue weighted by Crippen LogP contribution is -2.45. The molecule has 6 nitrogen and oxygen atoms in total. The minimum atomic E-state index is -1.11. The van der Waals surface area contributed by atoms with Crippen LogP contribution in [-0.4, -0.2) is 50.1 Å². The number of esters is 1. The number of allylic oxidation sites excluding steroid dienone is 1. The first-order chi connectivity index (χ1) is 9.24. The summed E-state index contributed by atoms with van der Waals surface area (Å²) in [5, 5.41) is 3.70. The summed E-state index contributed by atoms with van der Waals surface area (Å²) in [6.45, 7) is 3.36. The smallest absolute Gasteiger partial charge is 0.325 e. The van der Waals surface area contributed by atoms with Crippen LogP contribution < -0.4 is 5.73 Å². The Hall–Kier alpha value is -1.63. The quantitative estimate of drug-likeness (QED) is 0.332. The van der Waals surface area contributed by atoms with Crippen LogP contribution >= 0.6 is 0 Å². The summed E-state index contributed by atoms with van der Waals surface area (Å²) >= 11 is 0. The van der Waals surface area contributed by atoms with Crippen molar-refractivity contribution in [2.24, 2.45) is 10.9 Å². The molecule has 116 valence electrons. The van der Waals surface area contributed by atoms with Crippen LogP contribution in [0.15, 0.2) is 17.1 Å². The number of nitrogens with zero attached hydrogens (tertiary/aromatic N) is 2. The number of hydrogen-bond donors (Lipinski definition) is 1. The van der Waals surface area contributed by atoms with E-state index in [1.54, 1.807) is 25.8 Å². The molecule has 0 aliphatic heterocycles. The van der Waals surface area contributed by atoms with Gasteiger partial charge in [0, 0.05) is 7.05 Å². The van der Waals surface area contributed by atoms with Crippen molar-refractivity contribution in [1.29, 1.82) is 0 Å². The highest BCUT2D eigenvalue weighted by atomic mass is 19.1. The fourth-order valence-electron chi connectivity index (χ4n) is 1.47. The first kappa shape index (κ1) is 18.4. The standard InChI is InChI=1S/C13H24FN3O3/c1-10(16-20-5)17(3)9-11(14)7-6-8-13(2,15)12(18)19-4/h7H,6,8-9,15H2,1-5H3/b11-7+,16-10-. The van der Waals surface area contributed by atoms with Gasteiger partial charge in [0.05, 0.1) is 13.7 Å². The van der Waals surface area contributed by atoms with E-state index in [1.807, 2.05) is 0 Å². The Morgan fingerprint density at radius 3 is 2.60 bits per heavy atom. The maximum absolute atomic E-state index is 13.7. The zero-order chi connectivity index (χ0) is 15.8. The van der Waals surface area contributed by atoms with Gasteiger partial charge < -0.3 is 20.2 Å². The summed E-state index contributed by atoms with van der Waals surface area (Å²) in [4.78, 5) is 17.6. The number of carbonyl (C=O) groups is 1. The van der Waals surface area contributed by atoms with Gasteiger partial charge in [0.25, 0.3) is 0 Å². The van der Waals surface area contributed by atoms with Gasteiger partial charge in [-0.3, -0.25) is 4.79 Å². The van der Waals surface area contributed by atoms with Crippen molar-refractivity contribution in [3.63, 3.8) is 0 Å². The van der Waals surface area contributed by atoms with Crippen molar-refractivity contribution in [3.05, 3.63) is 11.9 Å². The van der Waals surface area contributed by atoms with Crippen molar-refractivity contribution in [2.45, 2.75) is 32.2 Å². The molecule has 0 saturated heterocycles. The minimum Gasteiger partial charge on any atom is -0.468 e. The molecule has 0 aromatic carbocycles. The van der Waals surface area contributed by atoms with E-state index in [0.717, 1.165) is 0 Å². The van der Waals surface area contributed by atoms with Gasteiger partial charge in [-0.1, -0.05) is 11.2 Å². The number of oxime groups is 1. The highest BCUT2D eigenvalue weighted by Gasteiger charge is 2.28. The van der Waals surface area contributed by atoms with Crippen LogP contribution in [0.25, 0.3) is 0 Å². The maximum atomic E-state index is 13.7. The van der Waals surface area contributed by atoms with E-state index in [-0.39, 0.29) is 12.4 Å². The van der Waals surface area contributed by atoms with Crippen molar-refractivity contribution in [1.82, 2.24) is 4.90 Å². The molecule has 0 aromatic heterocycles. The number of hydrogen-bond acceptors (Lipinski definition) is 5. The van der Waals surface area contributed by atoms with E-state index in [0.29, 0.717) is 18.7 Å². The Kier molecular flexibility index (Phi) is 7.83. The van der Waals surface area contributed by atoms with Crippen LogP contribution in [-0.2, 0) is 14.4 Å². The number of methoxy groups -OCH3 is 1. The lowest BCUT2D eigenvalue weighted by molar-refractivity contribution is -0.146. The number of ether oxygens (including phenoxy) is 1. The van der Waals surface area contributed by atoms with E-state index < -0.39 is 11.5 Å². The van der Waals surface area contributed by atoms with Gasteiger partial charge in [-0.25, -0.2) is 4.39 Å². The summed E-state index contributed by atoms with van der Waals surface area (Å²) < 4.78 is 18.3. The molecule has 1 unspecified atom stereocenters. The number of amidine groups is 1. The molecule has 1 atom stereocenters. The van der Waals surface area contributed by atoms with Crippen LogP contribution in [0, 0.1) is 0 Å². The fraction of sp³-hybridized carbons (Fsp3) is 0.692. The minimum absolute atomic E-state index is 0.0816. The fourth-order valence-corrected chi connectivity index (χ4v) is 1.47. The average Bonchev–Trinajstić information content (AvgIpc) is 2.37. The van der Waals surface area contributed by atoms with Crippen LogP contribution in [0.5, 0.6) is 0 Å². The van der Waals surface area contributed by atoms with Crippen LogP contribution in [0.4, 0.5) is 4.39 Å². The maximum Gasteiger partial charge on any atom is 0.325 e. The van der Waals surface area contributed by atoms with Crippen LogP contribution in [0.1, 0.15) is 26.7 Å². The SMILES string of the molecule is CO/N=C(/C)N(C)C/C(F)=C\CCC(C)(N)C(=O)OC. The summed E-state index contributed by atoms with van der Waals surface area (Å²) in [6, 6.07) is 0. The molecule has 0 radical (unpaired) electrons. The molecule has 0 bridgehead atoms. The third kappa shape index (κ3) is 6.51. The van der Waals surface area contributed by atoms with E-state index in [9.17, 15) is 9.18 Å². The monoisotopic (exact) mass is 289 g/mol. The van der Waals surface area contributed by atoms with E-state index in [2.05, 4.69) is 14.7 Å². The largest absolute Gasteiger partial charge is 0.468 e. The number of nitrogens with two attached hydrogens (primary N) is 1. The van der Waals surface area contributed by atoms with E-state index >= 15 is 0 Å². The molecule has 0 aromatic rings. The second-order valence-corrected chi connectivity index (χ2v) is 4.78. The first-order valence-electron chi connectivity index (χ1n) is 6.25. The Balaban J connectivity index is 4.34. The summed E-state index contributed by atoms with van der Waals surface area (Å²) in [6.07, 6.45) is 2.06. The van der Waals surface area contributed by atoms with Crippen LogP contribution in [0.3, 0.4) is 0 Å². The predicted molar refractivity (Wildman–Crippen MR) is 75.8 cm³/mol. The number of halogens is 1. The predicted octanol–water partition coefficient (Wildman–Crippen LogP) is 1.42. The molecule has 2 N–H and O–H groups in total. The van der Waals surface area contributed by atoms with Crippen molar-refractivity contribution in [2.75, 3.05) is 27.8 Å². The average molecular weight is 289 g/mol. The lowest BCUT2D eigenvalue weighted by Gasteiger charge is -2.20. The second-order valence-electron chi connectivity index (χ2n) is 4.78. The summed E-state index contributed by atoms with van der Waals surface area (Å²) in [5.74, 6) is -0.264. The molecule has 0 spiro atoms. The molecule has 0 fully saturated rings. The summed E-state index contributed by atoms with van der Waals surface area (Å²) in [7, 11) is 4.40. The lowest BCUT2D eigenvalue weighted by atomic mass is 9.97. The van der Waals surface area contributed by atoms with E-state index in [1.165, 1.54) is 20.3 Å². The normalized spacial score (nSPS) is 15.6. The molecule has 0 aliphatic carbocycles. The highest BCUT2D eigenvalue weighted by Crippen LogP contribution is 2.13. The zero-order valence-corrected chi connectivity index (χ0v) is 12.8. The Bertz CT molecular complexity index is 381. The summed E-state index contributed by atoms with van der Waals surface area (Å²) in [5.41, 5.74) is 4.67. The van der Waals surface area contributed by atoms with Crippen LogP contribution in [0.2, 0.25) is 0 Å². The molecular formula is C13H24FN3O3. The number of carbonyl (C=O) groups excluding carboxylic acids is 1. The molecule has 0 amide bonds. The molecule has 20 heavy (non-hydrogen) atoms. The van der Waals surface area contributed by atoms with Gasteiger partial charge in [0.15, 0.2) is 0 Å². The van der Waals surface area contributed by atoms with Gasteiger partial charge >= 0.3 is 5.97 Å². The van der Waals surface area contributed by atoms with Crippen molar-refractivity contribution in [3.8, 4) is 0 Å². The Morgan fingerprint density at radius 2 is 2.10 bits per heavy atom. The van der Waals surface area contributed by atoms with Gasteiger partial charge in [0.2, 0.25) is 0 Å². The van der Waals surface area contributed by atoms with Crippen molar-refractivity contribution < 1.29 is 18.8 Å². The van der Waals surface area contributed by atoms with Gasteiger partial charge in [-0.15, -0.1) is 0 Å². The van der Waals surface area contributed by atoms with E-state index in [4.69, 9.17) is 5.73 Å². The molecule has 0 saturated carbocycles. The highest BCUT2D eigenvalue weighted by molar-refractivity contribution is 5.80. The van der Waals surface area contributed by atoms with Gasteiger partial charge in [-0.2, -0.15) is 0 Å². The van der Waals surface area contributed by atoms with Gasteiger partial charge in [0.1, 0.15) is 24.3 Å². The van der Waals surface area contributed by atoms with Gasteiger partial charge in [-0.05, 0) is 26.7 Å². The third-order valence-corrected chi connectivity index (χ3v) is 2.85. The molecule has 0 heterocycles.